The van der Waals surface area contributed by atoms with Crippen molar-refractivity contribution in [3.63, 3.8) is 0 Å². The molecule has 1 aromatic carbocycles. The van der Waals surface area contributed by atoms with E-state index in [0.717, 1.165) is 19.5 Å². The number of carbonyl (C=O) groups excluding carboxylic acids is 1. The van der Waals surface area contributed by atoms with Crippen LogP contribution in [0, 0.1) is 0 Å². The number of hydrogen-bond acceptors (Lipinski definition) is 3. The van der Waals surface area contributed by atoms with E-state index in [-0.39, 0.29) is 12.0 Å². The normalized spacial score (nSPS) is 19.1. The maximum absolute atomic E-state index is 12.4. The summed E-state index contributed by atoms with van der Waals surface area (Å²) < 4.78 is 6.02. The zero-order valence-corrected chi connectivity index (χ0v) is 11.9. The van der Waals surface area contributed by atoms with Gasteiger partial charge in [-0.05, 0) is 39.6 Å². The summed E-state index contributed by atoms with van der Waals surface area (Å²) >= 11 is 0. The predicted molar refractivity (Wildman–Crippen MR) is 75.6 cm³/mol. The topological polar surface area (TPSA) is 32.8 Å². The second kappa shape index (κ2) is 6.06. The van der Waals surface area contributed by atoms with Crippen LogP contribution in [0.25, 0.3) is 0 Å². The number of benzene rings is 1. The molecule has 0 fully saturated rings. The molecule has 0 saturated carbocycles. The first-order valence-electron chi connectivity index (χ1n) is 6.81. The highest BCUT2D eigenvalue weighted by Gasteiger charge is 2.27. The SMILES string of the molecule is CCN1CC(CCN(C)C)Oc2ccccc2C1=O. The summed E-state index contributed by atoms with van der Waals surface area (Å²) in [6.07, 6.45) is 0.987. The summed E-state index contributed by atoms with van der Waals surface area (Å²) in [5.74, 6) is 0.789. The van der Waals surface area contributed by atoms with Crippen LogP contribution in [0.4, 0.5) is 0 Å². The van der Waals surface area contributed by atoms with Crippen molar-refractivity contribution in [2.45, 2.75) is 19.4 Å². The molecular weight excluding hydrogens is 240 g/mol. The van der Waals surface area contributed by atoms with Crippen LogP contribution in [0.3, 0.4) is 0 Å². The lowest BCUT2D eigenvalue weighted by Crippen LogP contribution is -2.38. The van der Waals surface area contributed by atoms with Gasteiger partial charge in [0.05, 0.1) is 12.1 Å². The van der Waals surface area contributed by atoms with Gasteiger partial charge in [-0.3, -0.25) is 4.79 Å². The van der Waals surface area contributed by atoms with Gasteiger partial charge in [0.2, 0.25) is 0 Å². The first kappa shape index (κ1) is 13.9. The van der Waals surface area contributed by atoms with E-state index in [1.807, 2.05) is 50.2 Å². The number of carbonyl (C=O) groups is 1. The quantitative estimate of drug-likeness (QED) is 0.830. The average Bonchev–Trinajstić information content (AvgIpc) is 2.54. The van der Waals surface area contributed by atoms with Gasteiger partial charge in [0.1, 0.15) is 11.9 Å². The van der Waals surface area contributed by atoms with Gasteiger partial charge in [-0.1, -0.05) is 12.1 Å². The van der Waals surface area contributed by atoms with Crippen molar-refractivity contribution < 1.29 is 9.53 Å². The Kier molecular flexibility index (Phi) is 4.43. The van der Waals surface area contributed by atoms with Crippen LogP contribution in [0.1, 0.15) is 23.7 Å². The van der Waals surface area contributed by atoms with Gasteiger partial charge >= 0.3 is 0 Å². The van der Waals surface area contributed by atoms with E-state index >= 15 is 0 Å². The molecule has 0 N–H and O–H groups in total. The Morgan fingerprint density at radius 1 is 1.37 bits per heavy atom. The third-order valence-electron chi connectivity index (χ3n) is 3.40. The van der Waals surface area contributed by atoms with Crippen molar-refractivity contribution in [2.24, 2.45) is 0 Å². The highest BCUT2D eigenvalue weighted by molar-refractivity contribution is 5.97. The van der Waals surface area contributed by atoms with E-state index < -0.39 is 0 Å². The molecule has 0 aromatic heterocycles. The van der Waals surface area contributed by atoms with E-state index in [0.29, 0.717) is 17.9 Å². The summed E-state index contributed by atoms with van der Waals surface area (Å²) in [6.45, 7) is 4.35. The molecule has 1 heterocycles. The molecule has 104 valence electrons. The molecule has 2 rings (SSSR count). The zero-order chi connectivity index (χ0) is 13.8. The molecule has 1 aliphatic rings. The summed E-state index contributed by atoms with van der Waals surface area (Å²) in [5, 5.41) is 0. The second-order valence-electron chi connectivity index (χ2n) is 5.17. The van der Waals surface area contributed by atoms with E-state index in [1.165, 1.54) is 0 Å². The number of nitrogens with zero attached hydrogens (tertiary/aromatic N) is 2. The Balaban J connectivity index is 2.21. The lowest BCUT2D eigenvalue weighted by atomic mass is 10.2. The molecule has 1 aromatic rings. The van der Waals surface area contributed by atoms with Gasteiger partial charge in [-0.15, -0.1) is 0 Å². The average molecular weight is 262 g/mol. The van der Waals surface area contributed by atoms with Crippen molar-refractivity contribution in [3.8, 4) is 5.75 Å². The minimum atomic E-state index is 0.0648. The molecule has 0 aliphatic carbocycles. The number of hydrogen-bond donors (Lipinski definition) is 0. The van der Waals surface area contributed by atoms with Gasteiger partial charge < -0.3 is 14.5 Å². The summed E-state index contributed by atoms with van der Waals surface area (Å²) in [7, 11) is 4.10. The van der Waals surface area contributed by atoms with Crippen molar-refractivity contribution in [2.75, 3.05) is 33.7 Å². The molecule has 0 saturated heterocycles. The highest BCUT2D eigenvalue weighted by Crippen LogP contribution is 2.25. The number of likely N-dealkylation sites (N-methyl/N-ethyl adjacent to an activating group) is 1. The Labute approximate surface area is 115 Å². The Morgan fingerprint density at radius 2 is 2.11 bits per heavy atom. The molecule has 1 unspecified atom stereocenters. The molecule has 19 heavy (non-hydrogen) atoms. The lowest BCUT2D eigenvalue weighted by molar-refractivity contribution is 0.0710. The van der Waals surface area contributed by atoms with Crippen molar-refractivity contribution in [1.29, 1.82) is 0 Å². The largest absolute Gasteiger partial charge is 0.488 e. The van der Waals surface area contributed by atoms with Crippen LogP contribution in [0.15, 0.2) is 24.3 Å². The van der Waals surface area contributed by atoms with Crippen molar-refractivity contribution in [1.82, 2.24) is 9.80 Å². The number of fused-ring (bicyclic) bond motifs is 1. The monoisotopic (exact) mass is 262 g/mol. The van der Waals surface area contributed by atoms with Gasteiger partial charge in [0.15, 0.2) is 0 Å². The first-order chi connectivity index (χ1) is 9.11. The van der Waals surface area contributed by atoms with Gasteiger partial charge in [0, 0.05) is 13.1 Å². The fraction of sp³-hybridized carbons (Fsp3) is 0.533. The van der Waals surface area contributed by atoms with Gasteiger partial charge in [0.25, 0.3) is 5.91 Å². The minimum absolute atomic E-state index is 0.0648. The number of ether oxygens (including phenoxy) is 1. The lowest BCUT2D eigenvalue weighted by Gasteiger charge is -2.23. The smallest absolute Gasteiger partial charge is 0.257 e. The molecular formula is C15H22N2O2. The zero-order valence-electron chi connectivity index (χ0n) is 11.9. The van der Waals surface area contributed by atoms with Crippen LogP contribution < -0.4 is 4.74 Å². The van der Waals surface area contributed by atoms with Crippen molar-refractivity contribution >= 4 is 5.91 Å². The summed E-state index contributed by atoms with van der Waals surface area (Å²) in [6, 6.07) is 7.52. The Bertz CT molecular complexity index is 446. The van der Waals surface area contributed by atoms with Crippen LogP contribution in [0.5, 0.6) is 5.75 Å². The molecule has 4 nitrogen and oxygen atoms in total. The Morgan fingerprint density at radius 3 is 2.79 bits per heavy atom. The molecule has 1 aliphatic heterocycles. The molecule has 0 spiro atoms. The summed E-state index contributed by atoms with van der Waals surface area (Å²) in [4.78, 5) is 16.4. The van der Waals surface area contributed by atoms with Crippen LogP contribution >= 0.6 is 0 Å². The summed E-state index contributed by atoms with van der Waals surface area (Å²) in [5.41, 5.74) is 0.678. The van der Waals surface area contributed by atoms with E-state index in [1.54, 1.807) is 0 Å². The van der Waals surface area contributed by atoms with E-state index in [4.69, 9.17) is 4.74 Å². The fourth-order valence-electron chi connectivity index (χ4n) is 2.29. The second-order valence-corrected chi connectivity index (χ2v) is 5.17. The highest BCUT2D eigenvalue weighted by atomic mass is 16.5. The minimum Gasteiger partial charge on any atom is -0.488 e. The third kappa shape index (κ3) is 3.26. The fourth-order valence-corrected chi connectivity index (χ4v) is 2.29. The van der Waals surface area contributed by atoms with Crippen LogP contribution in [-0.2, 0) is 0 Å². The Hall–Kier alpha value is -1.55. The first-order valence-corrected chi connectivity index (χ1v) is 6.81. The molecule has 4 heteroatoms. The molecule has 0 bridgehead atoms. The number of amides is 1. The van der Waals surface area contributed by atoms with E-state index in [2.05, 4.69) is 4.90 Å². The molecule has 1 amide bonds. The van der Waals surface area contributed by atoms with Gasteiger partial charge in [-0.25, -0.2) is 0 Å². The maximum atomic E-state index is 12.4. The van der Waals surface area contributed by atoms with Gasteiger partial charge in [-0.2, -0.15) is 0 Å². The van der Waals surface area contributed by atoms with Crippen molar-refractivity contribution in [3.05, 3.63) is 29.8 Å². The number of rotatable bonds is 4. The van der Waals surface area contributed by atoms with E-state index in [9.17, 15) is 4.79 Å². The predicted octanol–water partition coefficient (Wildman–Crippen LogP) is 1.86. The van der Waals surface area contributed by atoms with Crippen LogP contribution in [-0.4, -0.2) is 55.5 Å². The molecule has 0 radical (unpaired) electrons. The number of para-hydroxylation sites is 1. The molecule has 1 atom stereocenters. The standard InChI is InChI=1S/C15H22N2O2/c1-4-17-11-12(9-10-16(2)3)19-14-8-6-5-7-13(14)15(17)18/h5-8,12H,4,9-11H2,1-3H3. The van der Waals surface area contributed by atoms with Crippen LogP contribution in [0.2, 0.25) is 0 Å². The maximum Gasteiger partial charge on any atom is 0.257 e. The third-order valence-corrected chi connectivity index (χ3v) is 3.40.